The van der Waals surface area contributed by atoms with Crippen LogP contribution in [0.4, 0.5) is 41.0 Å². The van der Waals surface area contributed by atoms with Crippen LogP contribution in [0, 0.1) is 17.5 Å². The smallest absolute Gasteiger partial charge is 0.410 e. The van der Waals surface area contributed by atoms with Gasteiger partial charge in [-0.1, -0.05) is 0 Å². The van der Waals surface area contributed by atoms with Crippen molar-refractivity contribution >= 4 is 29.1 Å². The normalized spacial score (nSPS) is 15.4. The van der Waals surface area contributed by atoms with Gasteiger partial charge in [-0.05, 0) is 51.1 Å². The van der Waals surface area contributed by atoms with Gasteiger partial charge in [-0.25, -0.2) is 27.9 Å². The molecule has 0 saturated carbocycles. The Morgan fingerprint density at radius 1 is 0.975 bits per heavy atom. The molecule has 5 rings (SSSR count). The van der Waals surface area contributed by atoms with Crippen molar-refractivity contribution in [3.05, 3.63) is 54.0 Å². The fraction of sp³-hybridized carbons (Fsp3) is 0.393. The number of carbonyl (C=O) groups is 1. The lowest BCUT2D eigenvalue weighted by atomic mass is 10.1. The number of hydrogen-bond donors (Lipinski definition) is 1. The molecule has 0 spiro atoms. The summed E-state index contributed by atoms with van der Waals surface area (Å²) in [6.07, 6.45) is 0.598. The zero-order valence-electron chi connectivity index (χ0n) is 22.8. The summed E-state index contributed by atoms with van der Waals surface area (Å²) in [5.74, 6) is -1.67. The van der Waals surface area contributed by atoms with Crippen LogP contribution in [0.5, 0.6) is 5.75 Å². The second-order valence-electron chi connectivity index (χ2n) is 10.7. The zero-order chi connectivity index (χ0) is 28.6. The number of hydrogen-bond acceptors (Lipinski definition) is 8. The van der Waals surface area contributed by atoms with Crippen LogP contribution in [0.15, 0.2) is 36.5 Å². The number of likely N-dealkylation sites (N-methyl/N-ethyl adjacent to an activating group) is 1. The third-order valence-electron chi connectivity index (χ3n) is 6.60. The maximum atomic E-state index is 15.1. The highest BCUT2D eigenvalue weighted by molar-refractivity contribution is 5.73. The standard InChI is InChI=1S/C28H31F3N6O3/c1-28(2,3)40-27(38)37-9-7-36(8-10-37)22-6-5-18(15-19(22)29)33-26-32-16-21(31)24(34-26)17-13-20(30)25-23(14-17)35(4)11-12-39-25/h5-6,13-16H,7-12H2,1-4H3,(H,32,33,34). The van der Waals surface area contributed by atoms with E-state index in [2.05, 4.69) is 15.3 Å². The van der Waals surface area contributed by atoms with Crippen molar-refractivity contribution in [1.82, 2.24) is 14.9 Å². The highest BCUT2D eigenvalue weighted by Crippen LogP contribution is 2.38. The summed E-state index contributed by atoms with van der Waals surface area (Å²) in [5, 5.41) is 2.90. The molecule has 1 N–H and O–H groups in total. The Morgan fingerprint density at radius 2 is 1.73 bits per heavy atom. The van der Waals surface area contributed by atoms with E-state index in [-0.39, 0.29) is 29.0 Å². The summed E-state index contributed by atoms with van der Waals surface area (Å²) in [7, 11) is 1.80. The Bertz CT molecular complexity index is 1420. The average Bonchev–Trinajstić information content (AvgIpc) is 2.89. The Hall–Kier alpha value is -4.22. The quantitative estimate of drug-likeness (QED) is 0.470. The SMILES string of the molecule is CN1CCOc2c(F)cc(-c3nc(Nc4ccc(N5CCN(C(=O)OC(C)(C)C)CC5)c(F)c4)ncc3F)cc21. The molecule has 1 aromatic heterocycles. The highest BCUT2D eigenvalue weighted by atomic mass is 19.1. The van der Waals surface area contributed by atoms with Crippen LogP contribution in [0.3, 0.4) is 0 Å². The molecule has 2 aliphatic rings. The maximum absolute atomic E-state index is 15.1. The van der Waals surface area contributed by atoms with E-state index in [0.29, 0.717) is 56.4 Å². The van der Waals surface area contributed by atoms with Gasteiger partial charge >= 0.3 is 6.09 Å². The molecule has 40 heavy (non-hydrogen) atoms. The van der Waals surface area contributed by atoms with Gasteiger partial charge in [0.2, 0.25) is 5.95 Å². The van der Waals surface area contributed by atoms with E-state index < -0.39 is 23.1 Å². The number of aromatic nitrogens is 2. The number of amides is 1. The topological polar surface area (TPSA) is 83.1 Å². The minimum Gasteiger partial charge on any atom is -0.486 e. The number of fused-ring (bicyclic) bond motifs is 1. The highest BCUT2D eigenvalue weighted by Gasteiger charge is 2.27. The number of nitrogens with one attached hydrogen (secondary N) is 1. The molecule has 1 saturated heterocycles. The van der Waals surface area contributed by atoms with Crippen molar-refractivity contribution in [3.8, 4) is 17.0 Å². The number of rotatable bonds is 4. The van der Waals surface area contributed by atoms with E-state index in [1.165, 1.54) is 12.1 Å². The summed E-state index contributed by atoms with van der Waals surface area (Å²) in [6, 6.07) is 7.37. The Balaban J connectivity index is 1.29. The number of nitrogens with zero attached hydrogens (tertiary/aromatic N) is 5. The molecule has 212 valence electrons. The van der Waals surface area contributed by atoms with E-state index in [0.717, 1.165) is 6.20 Å². The monoisotopic (exact) mass is 556 g/mol. The molecular formula is C28H31F3N6O3. The fourth-order valence-corrected chi connectivity index (χ4v) is 4.60. The van der Waals surface area contributed by atoms with Gasteiger partial charge in [0.15, 0.2) is 17.4 Å². The number of ether oxygens (including phenoxy) is 2. The van der Waals surface area contributed by atoms with Gasteiger partial charge < -0.3 is 29.5 Å². The van der Waals surface area contributed by atoms with Crippen LogP contribution in [-0.4, -0.2) is 72.9 Å². The van der Waals surface area contributed by atoms with Crippen LogP contribution < -0.4 is 19.9 Å². The van der Waals surface area contributed by atoms with E-state index >= 15 is 4.39 Å². The number of piperazine rings is 1. The summed E-state index contributed by atoms with van der Waals surface area (Å²) >= 11 is 0. The first-order valence-corrected chi connectivity index (χ1v) is 13.0. The van der Waals surface area contributed by atoms with E-state index in [4.69, 9.17) is 9.47 Å². The van der Waals surface area contributed by atoms with Gasteiger partial charge in [-0.2, -0.15) is 0 Å². The van der Waals surface area contributed by atoms with Crippen molar-refractivity contribution in [2.45, 2.75) is 26.4 Å². The van der Waals surface area contributed by atoms with Crippen LogP contribution in [0.2, 0.25) is 0 Å². The zero-order valence-corrected chi connectivity index (χ0v) is 22.8. The molecule has 0 radical (unpaired) electrons. The third kappa shape index (κ3) is 5.85. The van der Waals surface area contributed by atoms with E-state index in [1.54, 1.807) is 30.1 Å². The minimum absolute atomic E-state index is 0.0252. The second kappa shape index (κ2) is 10.7. The first kappa shape index (κ1) is 27.4. The van der Waals surface area contributed by atoms with Crippen molar-refractivity contribution in [3.63, 3.8) is 0 Å². The largest absolute Gasteiger partial charge is 0.486 e. The number of halogens is 3. The Morgan fingerprint density at radius 3 is 2.42 bits per heavy atom. The number of anilines is 4. The molecule has 12 heteroatoms. The lowest BCUT2D eigenvalue weighted by Crippen LogP contribution is -2.50. The second-order valence-corrected chi connectivity index (χ2v) is 10.7. The van der Waals surface area contributed by atoms with Crippen molar-refractivity contribution < 1.29 is 27.4 Å². The lowest BCUT2D eigenvalue weighted by Gasteiger charge is -2.36. The summed E-state index contributed by atoms with van der Waals surface area (Å²) < 4.78 is 55.4. The van der Waals surface area contributed by atoms with Crippen LogP contribution >= 0.6 is 0 Å². The predicted molar refractivity (Wildman–Crippen MR) is 146 cm³/mol. The first-order chi connectivity index (χ1) is 19.0. The maximum Gasteiger partial charge on any atom is 0.410 e. The number of carbonyl (C=O) groups excluding carboxylic acids is 1. The van der Waals surface area contributed by atoms with Crippen molar-refractivity contribution in [1.29, 1.82) is 0 Å². The lowest BCUT2D eigenvalue weighted by molar-refractivity contribution is 0.0240. The average molecular weight is 557 g/mol. The molecule has 3 aromatic rings. The molecule has 1 fully saturated rings. The van der Waals surface area contributed by atoms with Crippen LogP contribution in [0.1, 0.15) is 20.8 Å². The van der Waals surface area contributed by atoms with Crippen molar-refractivity contribution in [2.75, 3.05) is 61.5 Å². The van der Waals surface area contributed by atoms with Gasteiger partial charge in [0.1, 0.15) is 23.7 Å². The van der Waals surface area contributed by atoms with Gasteiger partial charge in [0.05, 0.1) is 24.1 Å². The molecule has 2 aliphatic heterocycles. The van der Waals surface area contributed by atoms with Gasteiger partial charge in [-0.15, -0.1) is 0 Å². The molecule has 1 amide bonds. The van der Waals surface area contributed by atoms with E-state index in [1.807, 2.05) is 30.6 Å². The molecule has 9 nitrogen and oxygen atoms in total. The third-order valence-corrected chi connectivity index (χ3v) is 6.60. The Kier molecular flexibility index (Phi) is 7.35. The summed E-state index contributed by atoms with van der Waals surface area (Å²) in [4.78, 5) is 25.8. The number of benzene rings is 2. The van der Waals surface area contributed by atoms with Crippen LogP contribution in [-0.2, 0) is 4.74 Å². The fourth-order valence-electron chi connectivity index (χ4n) is 4.60. The molecule has 0 bridgehead atoms. The Labute approximate surface area is 230 Å². The molecule has 0 unspecified atom stereocenters. The molecule has 2 aromatic carbocycles. The van der Waals surface area contributed by atoms with Crippen molar-refractivity contribution in [2.24, 2.45) is 0 Å². The van der Waals surface area contributed by atoms with Crippen LogP contribution in [0.25, 0.3) is 11.3 Å². The van der Waals surface area contributed by atoms with E-state index in [9.17, 15) is 13.6 Å². The molecular weight excluding hydrogens is 525 g/mol. The summed E-state index contributed by atoms with van der Waals surface area (Å²) in [5.41, 5.74) is 0.794. The molecule has 0 atom stereocenters. The predicted octanol–water partition coefficient (Wildman–Crippen LogP) is 5.19. The minimum atomic E-state index is -0.726. The van der Waals surface area contributed by atoms with Gasteiger partial charge in [-0.3, -0.25) is 0 Å². The van der Waals surface area contributed by atoms with Gasteiger partial charge in [0, 0.05) is 44.5 Å². The summed E-state index contributed by atoms with van der Waals surface area (Å²) in [6.45, 7) is 8.07. The molecule has 0 aliphatic carbocycles. The molecule has 3 heterocycles. The van der Waals surface area contributed by atoms with Gasteiger partial charge in [0.25, 0.3) is 0 Å². The first-order valence-electron chi connectivity index (χ1n) is 13.0.